The first kappa shape index (κ1) is 14.3. The van der Waals surface area contributed by atoms with Gasteiger partial charge in [0.05, 0.1) is 0 Å². The molecule has 0 saturated carbocycles. The second kappa shape index (κ2) is 5.23. The van der Waals surface area contributed by atoms with E-state index >= 15 is 0 Å². The van der Waals surface area contributed by atoms with E-state index in [4.69, 9.17) is 4.55 Å². The normalized spacial score (nSPS) is 12.8. The summed E-state index contributed by atoms with van der Waals surface area (Å²) in [6.45, 7) is 1.06. The molecule has 0 aliphatic carbocycles. The molecular weight excluding hydrogens is 267 g/mol. The third kappa shape index (κ3) is 3.34. The molecule has 1 aromatic carbocycles. The number of hydrogen-bond acceptors (Lipinski definition) is 5. The summed E-state index contributed by atoms with van der Waals surface area (Å²) in [5, 5.41) is -2.00. The molecule has 0 aromatic heterocycles. The van der Waals surface area contributed by atoms with Crippen molar-refractivity contribution in [2.75, 3.05) is 0 Å². The Morgan fingerprint density at radius 3 is 2.50 bits per heavy atom. The van der Waals surface area contributed by atoms with Crippen molar-refractivity contribution in [3.8, 4) is 5.75 Å². The van der Waals surface area contributed by atoms with Crippen LogP contribution in [0.4, 0.5) is 4.39 Å². The van der Waals surface area contributed by atoms with Crippen molar-refractivity contribution in [2.45, 2.75) is 12.2 Å². The zero-order valence-electron chi connectivity index (χ0n) is 9.08. The quantitative estimate of drug-likeness (QED) is 0.495. The molecule has 0 bridgehead atoms. The Kier molecular flexibility index (Phi) is 4.15. The largest absolute Gasteiger partial charge is 0.424 e. The molecule has 18 heavy (non-hydrogen) atoms. The zero-order chi connectivity index (χ0) is 13.9. The van der Waals surface area contributed by atoms with Gasteiger partial charge in [0.25, 0.3) is 10.1 Å². The number of esters is 1. The van der Waals surface area contributed by atoms with E-state index in [0.717, 1.165) is 25.3 Å². The maximum atomic E-state index is 13.4. The summed E-state index contributed by atoms with van der Waals surface area (Å²) < 4.78 is 48.3. The lowest BCUT2D eigenvalue weighted by Gasteiger charge is -2.08. The van der Waals surface area contributed by atoms with Gasteiger partial charge in [-0.2, -0.15) is 8.42 Å². The van der Waals surface area contributed by atoms with Crippen LogP contribution in [0.2, 0.25) is 0 Å². The van der Waals surface area contributed by atoms with Crippen LogP contribution >= 0.6 is 0 Å². The summed E-state index contributed by atoms with van der Waals surface area (Å²) >= 11 is 0. The number of carbonyl (C=O) groups excluding carboxylic acids is 2. The van der Waals surface area contributed by atoms with Gasteiger partial charge in [0, 0.05) is 6.92 Å². The van der Waals surface area contributed by atoms with E-state index in [0.29, 0.717) is 6.07 Å². The smallest absolute Gasteiger partial charge is 0.308 e. The molecule has 1 N–H and O–H groups in total. The van der Waals surface area contributed by atoms with Crippen molar-refractivity contribution in [3.63, 3.8) is 0 Å². The van der Waals surface area contributed by atoms with Crippen LogP contribution in [0.15, 0.2) is 18.2 Å². The van der Waals surface area contributed by atoms with Gasteiger partial charge in [-0.05, 0) is 17.7 Å². The second-order valence-electron chi connectivity index (χ2n) is 3.30. The topological polar surface area (TPSA) is 97.7 Å². The lowest BCUT2D eigenvalue weighted by atomic mass is 10.1. The number of carbonyl (C=O) groups is 1. The number of rotatable bonds is 4. The predicted octanol–water partition coefficient (Wildman–Crippen LogP) is 0.790. The molecule has 8 heteroatoms. The molecule has 1 aromatic rings. The van der Waals surface area contributed by atoms with Gasteiger partial charge in [0.1, 0.15) is 0 Å². The highest BCUT2D eigenvalue weighted by Crippen LogP contribution is 2.25. The molecular formula is C10H8FO6S. The van der Waals surface area contributed by atoms with Crippen molar-refractivity contribution >= 4 is 22.4 Å². The van der Waals surface area contributed by atoms with Crippen molar-refractivity contribution in [2.24, 2.45) is 0 Å². The summed E-state index contributed by atoms with van der Waals surface area (Å²) in [7, 11) is -4.72. The molecule has 0 aliphatic rings. The average molecular weight is 275 g/mol. The SMILES string of the molecule is CC(=O)Oc1ccc(C([C]=O)S(=O)(=O)O)cc1F. The molecule has 0 aliphatic heterocycles. The van der Waals surface area contributed by atoms with Crippen LogP contribution in [0.3, 0.4) is 0 Å². The van der Waals surface area contributed by atoms with E-state index in [1.54, 1.807) is 0 Å². The van der Waals surface area contributed by atoms with Crippen molar-refractivity contribution < 1.29 is 31.7 Å². The van der Waals surface area contributed by atoms with Gasteiger partial charge in [0.15, 0.2) is 16.8 Å². The first-order valence-corrected chi connectivity index (χ1v) is 6.08. The maximum Gasteiger partial charge on any atom is 0.308 e. The van der Waals surface area contributed by atoms with Crippen molar-refractivity contribution in [1.29, 1.82) is 0 Å². The van der Waals surface area contributed by atoms with E-state index in [1.807, 2.05) is 0 Å². The first-order chi connectivity index (χ1) is 8.25. The molecule has 6 nitrogen and oxygen atoms in total. The zero-order valence-corrected chi connectivity index (χ0v) is 9.90. The fourth-order valence-corrected chi connectivity index (χ4v) is 1.83. The monoisotopic (exact) mass is 275 g/mol. The molecule has 0 spiro atoms. The van der Waals surface area contributed by atoms with Crippen LogP contribution in [-0.2, 0) is 19.7 Å². The molecule has 1 atom stereocenters. The Morgan fingerprint density at radius 2 is 2.11 bits per heavy atom. The van der Waals surface area contributed by atoms with Gasteiger partial charge in [-0.15, -0.1) is 0 Å². The molecule has 0 saturated heterocycles. The average Bonchev–Trinajstić information content (AvgIpc) is 2.20. The van der Waals surface area contributed by atoms with Crippen LogP contribution in [0.1, 0.15) is 17.7 Å². The van der Waals surface area contributed by atoms with Crippen LogP contribution in [0.25, 0.3) is 0 Å². The summed E-state index contributed by atoms with van der Waals surface area (Å²) in [4.78, 5) is 21.1. The Balaban J connectivity index is 3.18. The Labute approximate surface area is 102 Å². The first-order valence-electron chi connectivity index (χ1n) is 4.57. The third-order valence-electron chi connectivity index (χ3n) is 1.92. The highest BCUT2D eigenvalue weighted by molar-refractivity contribution is 7.86. The highest BCUT2D eigenvalue weighted by Gasteiger charge is 2.26. The number of hydrogen-bond donors (Lipinski definition) is 1. The number of halogens is 1. The van der Waals surface area contributed by atoms with Gasteiger partial charge in [-0.3, -0.25) is 14.1 Å². The van der Waals surface area contributed by atoms with Crippen LogP contribution in [-0.4, -0.2) is 25.2 Å². The predicted molar refractivity (Wildman–Crippen MR) is 57.7 cm³/mol. The van der Waals surface area contributed by atoms with E-state index in [2.05, 4.69) is 4.74 Å². The van der Waals surface area contributed by atoms with Gasteiger partial charge in [-0.1, -0.05) is 6.07 Å². The van der Waals surface area contributed by atoms with Gasteiger partial charge in [-0.25, -0.2) is 4.39 Å². The standard InChI is InChI=1S/C10H8FO6S/c1-6(13)17-9-3-2-7(4-8(9)11)10(5-12)18(14,15)16/h2-4,10H,1H3,(H,14,15,16). The van der Waals surface area contributed by atoms with Crippen LogP contribution < -0.4 is 4.74 Å². The van der Waals surface area contributed by atoms with Crippen LogP contribution in [0, 0.1) is 5.82 Å². The van der Waals surface area contributed by atoms with Crippen molar-refractivity contribution in [1.82, 2.24) is 0 Å². The molecule has 1 radical (unpaired) electrons. The maximum absolute atomic E-state index is 13.4. The van der Waals surface area contributed by atoms with Crippen molar-refractivity contribution in [3.05, 3.63) is 29.6 Å². The minimum Gasteiger partial charge on any atom is -0.424 e. The molecule has 0 fully saturated rings. The van der Waals surface area contributed by atoms with E-state index in [1.165, 1.54) is 0 Å². The molecule has 0 heterocycles. The third-order valence-corrected chi connectivity index (χ3v) is 2.88. The van der Waals surface area contributed by atoms with E-state index in [-0.39, 0.29) is 5.56 Å². The Bertz CT molecular complexity index is 580. The molecule has 97 valence electrons. The summed E-state index contributed by atoms with van der Waals surface area (Å²) in [5.74, 6) is -2.20. The molecule has 0 amide bonds. The number of ether oxygens (including phenoxy) is 1. The van der Waals surface area contributed by atoms with Gasteiger partial charge < -0.3 is 4.74 Å². The minimum atomic E-state index is -4.72. The minimum absolute atomic E-state index is 0.319. The summed E-state index contributed by atoms with van der Waals surface area (Å²) in [6.07, 6.45) is 1.08. The highest BCUT2D eigenvalue weighted by atomic mass is 32.2. The lowest BCUT2D eigenvalue weighted by Crippen LogP contribution is -2.14. The van der Waals surface area contributed by atoms with Gasteiger partial charge in [0.2, 0.25) is 6.29 Å². The van der Waals surface area contributed by atoms with Gasteiger partial charge >= 0.3 is 5.97 Å². The van der Waals surface area contributed by atoms with E-state index in [9.17, 15) is 22.4 Å². The summed E-state index contributed by atoms with van der Waals surface area (Å²) in [6, 6.07) is 2.67. The number of benzene rings is 1. The fraction of sp³-hybridized carbons (Fsp3) is 0.200. The Morgan fingerprint density at radius 1 is 1.50 bits per heavy atom. The molecule has 1 rings (SSSR count). The summed E-state index contributed by atoms with van der Waals surface area (Å²) in [5.41, 5.74) is -0.319. The molecule has 1 unspecified atom stereocenters. The second-order valence-corrected chi connectivity index (χ2v) is 4.80. The van der Waals surface area contributed by atoms with E-state index < -0.39 is 32.9 Å². The Hall–Kier alpha value is -1.80. The fourth-order valence-electron chi connectivity index (χ4n) is 1.22. The van der Waals surface area contributed by atoms with Crippen LogP contribution in [0.5, 0.6) is 5.75 Å². The lowest BCUT2D eigenvalue weighted by molar-refractivity contribution is -0.132.